The van der Waals surface area contributed by atoms with Crippen molar-refractivity contribution in [1.29, 1.82) is 0 Å². The number of hydrogen-bond donors (Lipinski definition) is 1. The number of hydrogen-bond acceptors (Lipinski definition) is 3. The molecule has 3 nitrogen and oxygen atoms in total. The van der Waals surface area contributed by atoms with Crippen LogP contribution < -0.4 is 5.73 Å². The molecule has 2 atom stereocenters. The lowest BCUT2D eigenvalue weighted by Gasteiger charge is -2.02. The summed E-state index contributed by atoms with van der Waals surface area (Å²) in [6.45, 7) is 0. The van der Waals surface area contributed by atoms with E-state index in [1.165, 1.54) is 12.1 Å². The van der Waals surface area contributed by atoms with Gasteiger partial charge in [0, 0.05) is 18.0 Å². The second-order valence-electron chi connectivity index (χ2n) is 4.56. The molecule has 1 heterocycles. The van der Waals surface area contributed by atoms with Crippen molar-refractivity contribution in [2.24, 2.45) is 5.73 Å². The van der Waals surface area contributed by atoms with Gasteiger partial charge in [-0.15, -0.1) is 0 Å². The van der Waals surface area contributed by atoms with Crippen molar-refractivity contribution in [3.63, 3.8) is 0 Å². The summed E-state index contributed by atoms with van der Waals surface area (Å²) in [5, 5.41) is 0.265. The molecule has 0 aliphatic heterocycles. The third-order valence-electron chi connectivity index (χ3n) is 3.25. The van der Waals surface area contributed by atoms with Gasteiger partial charge in [0.25, 0.3) is 0 Å². The second-order valence-corrected chi connectivity index (χ2v) is 4.97. The summed E-state index contributed by atoms with van der Waals surface area (Å²) >= 11 is 5.91. The van der Waals surface area contributed by atoms with Crippen LogP contribution in [0.3, 0.4) is 0 Å². The molecular formula is C12H12ClFN2O. The molecule has 0 amide bonds. The van der Waals surface area contributed by atoms with E-state index >= 15 is 0 Å². The quantitative estimate of drug-likeness (QED) is 0.850. The maximum absolute atomic E-state index is 13.2. The zero-order chi connectivity index (χ0) is 12.0. The van der Waals surface area contributed by atoms with E-state index in [2.05, 4.69) is 4.98 Å². The standard InChI is InChI=1S/C12H12ClFN2O/c13-9-4-7(14)5-10-11(9)17-12(16-10)6-1-2-8(15)3-6/h4-6,8H,1-3,15H2. The summed E-state index contributed by atoms with van der Waals surface area (Å²) in [5.74, 6) is 0.461. The van der Waals surface area contributed by atoms with Gasteiger partial charge in [0.15, 0.2) is 11.5 Å². The summed E-state index contributed by atoms with van der Waals surface area (Å²) in [7, 11) is 0. The molecule has 1 aliphatic rings. The molecule has 1 aromatic carbocycles. The largest absolute Gasteiger partial charge is 0.439 e. The Balaban J connectivity index is 2.04. The van der Waals surface area contributed by atoms with Crippen LogP contribution in [-0.4, -0.2) is 11.0 Å². The molecule has 90 valence electrons. The first kappa shape index (κ1) is 11.0. The van der Waals surface area contributed by atoms with Gasteiger partial charge in [-0.1, -0.05) is 11.6 Å². The van der Waals surface area contributed by atoms with E-state index in [1.54, 1.807) is 0 Å². The lowest BCUT2D eigenvalue weighted by molar-refractivity contribution is 0.471. The number of halogens is 2. The summed E-state index contributed by atoms with van der Waals surface area (Å²) in [4.78, 5) is 4.30. The molecule has 2 N–H and O–H groups in total. The minimum Gasteiger partial charge on any atom is -0.439 e. The lowest BCUT2D eigenvalue weighted by atomic mass is 10.1. The van der Waals surface area contributed by atoms with Crippen molar-refractivity contribution in [2.45, 2.75) is 31.2 Å². The zero-order valence-corrected chi connectivity index (χ0v) is 9.88. The SMILES string of the molecule is NC1CCC(c2nc3cc(F)cc(Cl)c3o2)C1. The predicted molar refractivity (Wildman–Crippen MR) is 63.5 cm³/mol. The van der Waals surface area contributed by atoms with Crippen molar-refractivity contribution in [3.05, 3.63) is 28.9 Å². The fourth-order valence-corrected chi connectivity index (χ4v) is 2.63. The summed E-state index contributed by atoms with van der Waals surface area (Å²) < 4.78 is 18.8. The Hall–Kier alpha value is -1.13. The van der Waals surface area contributed by atoms with Crippen LogP contribution in [-0.2, 0) is 0 Å². The van der Waals surface area contributed by atoms with Crippen molar-refractivity contribution < 1.29 is 8.81 Å². The fourth-order valence-electron chi connectivity index (χ4n) is 2.39. The molecular weight excluding hydrogens is 243 g/mol. The number of nitrogens with two attached hydrogens (primary N) is 1. The molecule has 17 heavy (non-hydrogen) atoms. The van der Waals surface area contributed by atoms with Gasteiger partial charge in [-0.2, -0.15) is 0 Å². The molecule has 0 saturated heterocycles. The summed E-state index contributed by atoms with van der Waals surface area (Å²) in [6, 6.07) is 2.78. The average Bonchev–Trinajstić information content (AvgIpc) is 2.83. The van der Waals surface area contributed by atoms with Gasteiger partial charge >= 0.3 is 0 Å². The Kier molecular flexibility index (Phi) is 2.56. The average molecular weight is 255 g/mol. The maximum Gasteiger partial charge on any atom is 0.198 e. The third kappa shape index (κ3) is 1.91. The number of fused-ring (bicyclic) bond motifs is 1. The highest BCUT2D eigenvalue weighted by molar-refractivity contribution is 6.34. The van der Waals surface area contributed by atoms with E-state index in [-0.39, 0.29) is 17.0 Å². The molecule has 2 aromatic rings. The van der Waals surface area contributed by atoms with E-state index in [1.807, 2.05) is 0 Å². The van der Waals surface area contributed by atoms with Gasteiger partial charge < -0.3 is 10.2 Å². The molecule has 2 unspecified atom stereocenters. The smallest absolute Gasteiger partial charge is 0.198 e. The van der Waals surface area contributed by atoms with Crippen LogP contribution in [0.5, 0.6) is 0 Å². The number of aromatic nitrogens is 1. The molecule has 5 heteroatoms. The van der Waals surface area contributed by atoms with Crippen molar-refractivity contribution in [3.8, 4) is 0 Å². The van der Waals surface area contributed by atoms with Crippen LogP contribution in [0.4, 0.5) is 4.39 Å². The van der Waals surface area contributed by atoms with E-state index in [4.69, 9.17) is 21.8 Å². The number of benzene rings is 1. The van der Waals surface area contributed by atoms with Crippen LogP contribution in [0.2, 0.25) is 5.02 Å². The Morgan fingerprint density at radius 2 is 2.24 bits per heavy atom. The molecule has 0 radical (unpaired) electrons. The second kappa shape index (κ2) is 3.96. The molecule has 3 rings (SSSR count). The van der Waals surface area contributed by atoms with Crippen LogP contribution in [0.25, 0.3) is 11.1 Å². The Labute approximate surface area is 103 Å². The van der Waals surface area contributed by atoms with Gasteiger partial charge in [0.2, 0.25) is 0 Å². The molecule has 1 aliphatic carbocycles. The van der Waals surface area contributed by atoms with E-state index in [0.717, 1.165) is 19.3 Å². The van der Waals surface area contributed by atoms with Crippen LogP contribution >= 0.6 is 11.6 Å². The first-order valence-electron chi connectivity index (χ1n) is 5.64. The highest BCUT2D eigenvalue weighted by Gasteiger charge is 2.27. The molecule has 1 saturated carbocycles. The van der Waals surface area contributed by atoms with E-state index in [0.29, 0.717) is 17.0 Å². The summed E-state index contributed by atoms with van der Waals surface area (Å²) in [5.41, 5.74) is 6.79. The molecule has 1 fully saturated rings. The monoisotopic (exact) mass is 254 g/mol. The molecule has 0 bridgehead atoms. The Morgan fingerprint density at radius 3 is 2.94 bits per heavy atom. The van der Waals surface area contributed by atoms with Gasteiger partial charge in [-0.05, 0) is 25.3 Å². The number of nitrogens with zero attached hydrogens (tertiary/aromatic N) is 1. The lowest BCUT2D eigenvalue weighted by Crippen LogP contribution is -2.14. The van der Waals surface area contributed by atoms with Crippen molar-refractivity contribution in [1.82, 2.24) is 4.98 Å². The fraction of sp³-hybridized carbons (Fsp3) is 0.417. The van der Waals surface area contributed by atoms with Crippen LogP contribution in [0.1, 0.15) is 31.1 Å². The van der Waals surface area contributed by atoms with Crippen LogP contribution in [0.15, 0.2) is 16.5 Å². The predicted octanol–water partition coefficient (Wildman–Crippen LogP) is 3.22. The Morgan fingerprint density at radius 1 is 1.41 bits per heavy atom. The van der Waals surface area contributed by atoms with E-state index in [9.17, 15) is 4.39 Å². The first-order valence-corrected chi connectivity index (χ1v) is 6.02. The van der Waals surface area contributed by atoms with Crippen molar-refractivity contribution in [2.75, 3.05) is 0 Å². The normalized spacial score (nSPS) is 24.6. The third-order valence-corrected chi connectivity index (χ3v) is 3.53. The maximum atomic E-state index is 13.2. The van der Waals surface area contributed by atoms with Crippen LogP contribution in [0, 0.1) is 5.82 Å². The minimum absolute atomic E-state index is 0.210. The summed E-state index contributed by atoms with van der Waals surface area (Å²) in [6.07, 6.45) is 2.81. The van der Waals surface area contributed by atoms with E-state index < -0.39 is 5.82 Å². The first-order chi connectivity index (χ1) is 8.13. The highest BCUT2D eigenvalue weighted by atomic mass is 35.5. The minimum atomic E-state index is -0.398. The number of rotatable bonds is 1. The van der Waals surface area contributed by atoms with Crippen molar-refractivity contribution >= 4 is 22.7 Å². The number of oxazole rings is 1. The van der Waals surface area contributed by atoms with Gasteiger partial charge in [0.1, 0.15) is 11.3 Å². The Bertz CT molecular complexity index is 569. The zero-order valence-electron chi connectivity index (χ0n) is 9.12. The highest BCUT2D eigenvalue weighted by Crippen LogP contribution is 2.36. The van der Waals surface area contributed by atoms with Gasteiger partial charge in [0.05, 0.1) is 5.02 Å². The topological polar surface area (TPSA) is 52.0 Å². The van der Waals surface area contributed by atoms with Gasteiger partial charge in [-0.3, -0.25) is 0 Å². The van der Waals surface area contributed by atoms with Gasteiger partial charge in [-0.25, -0.2) is 9.37 Å². The molecule has 0 spiro atoms. The molecule has 1 aromatic heterocycles.